The number of aliphatic hydroxyl groups excluding tert-OH is 2. The van der Waals surface area contributed by atoms with Crippen molar-refractivity contribution >= 4 is 17.8 Å². The third kappa shape index (κ3) is 8.43. The summed E-state index contributed by atoms with van der Waals surface area (Å²) in [7, 11) is 0. The second-order valence-electron chi connectivity index (χ2n) is 9.39. The van der Waals surface area contributed by atoms with E-state index >= 15 is 0 Å². The molecule has 5 N–H and O–H groups in total. The van der Waals surface area contributed by atoms with E-state index in [1.54, 1.807) is 36.9 Å². The molecule has 1 fully saturated rings. The van der Waals surface area contributed by atoms with Crippen molar-refractivity contribution in [1.82, 2.24) is 10.2 Å². The van der Waals surface area contributed by atoms with E-state index in [1.165, 1.54) is 0 Å². The molecule has 0 saturated carbocycles. The van der Waals surface area contributed by atoms with Crippen LogP contribution in [0.5, 0.6) is 5.75 Å². The van der Waals surface area contributed by atoms with Gasteiger partial charge in [0.15, 0.2) is 5.96 Å². The number of aryl methyl sites for hydroxylation is 1. The van der Waals surface area contributed by atoms with Crippen molar-refractivity contribution < 1.29 is 33.3 Å². The molecule has 196 valence electrons. The highest BCUT2D eigenvalue weighted by Crippen LogP contribution is 2.23. The second-order valence-corrected chi connectivity index (χ2v) is 9.39. The summed E-state index contributed by atoms with van der Waals surface area (Å²) in [4.78, 5) is 28.8. The Labute approximate surface area is 204 Å². The highest BCUT2D eigenvalue weighted by atomic mass is 19.3. The van der Waals surface area contributed by atoms with E-state index in [2.05, 4.69) is 10.3 Å². The average Bonchev–Trinajstić information content (AvgIpc) is 2.81. The lowest BCUT2D eigenvalue weighted by Crippen LogP contribution is -2.51. The molecular weight excluding hydrogens is 462 g/mol. The number of aliphatic hydroxyl groups is 2. The molecule has 1 aliphatic heterocycles. The summed E-state index contributed by atoms with van der Waals surface area (Å²) in [5.74, 6) is -4.54. The van der Waals surface area contributed by atoms with Gasteiger partial charge in [0.1, 0.15) is 5.75 Å². The summed E-state index contributed by atoms with van der Waals surface area (Å²) in [5, 5.41) is 21.4. The van der Waals surface area contributed by atoms with Crippen molar-refractivity contribution in [3.63, 3.8) is 0 Å². The molecule has 1 heterocycles. The van der Waals surface area contributed by atoms with Gasteiger partial charge in [-0.05, 0) is 69.2 Å². The van der Waals surface area contributed by atoms with Gasteiger partial charge in [0.2, 0.25) is 0 Å². The van der Waals surface area contributed by atoms with Crippen LogP contribution < -0.4 is 15.8 Å². The molecule has 0 radical (unpaired) electrons. The number of aliphatic imine (C=N–C) groups is 1. The van der Waals surface area contributed by atoms with Crippen LogP contribution in [0.15, 0.2) is 23.2 Å². The van der Waals surface area contributed by atoms with Gasteiger partial charge >= 0.3 is 11.8 Å². The van der Waals surface area contributed by atoms with Crippen molar-refractivity contribution in [1.29, 1.82) is 0 Å². The third-order valence-electron chi connectivity index (χ3n) is 6.11. The summed E-state index contributed by atoms with van der Waals surface area (Å²) in [6.45, 7) is 4.69. The van der Waals surface area contributed by atoms with Crippen molar-refractivity contribution in [2.24, 2.45) is 16.6 Å². The lowest BCUT2D eigenvalue weighted by molar-refractivity contribution is -0.139. The van der Waals surface area contributed by atoms with Gasteiger partial charge in [0, 0.05) is 25.6 Å². The number of nitrogens with two attached hydrogens (primary N) is 1. The van der Waals surface area contributed by atoms with Crippen LogP contribution in [0.2, 0.25) is 0 Å². The fourth-order valence-corrected chi connectivity index (χ4v) is 3.74. The number of nitrogens with zero attached hydrogens (tertiary/aromatic N) is 2. The number of hydrogen-bond acceptors (Lipinski definition) is 5. The number of guanidine groups is 1. The SMILES string of the molecule is Cc1cc(OCCCC2CCN(C(N)=NC(=O)C(C)(F)F)CC2)ccc1C(=O)NC(C)(CO)CO. The van der Waals surface area contributed by atoms with Crippen LogP contribution in [0.4, 0.5) is 8.78 Å². The maximum Gasteiger partial charge on any atom is 0.324 e. The standard InChI is InChI=1S/C24H36F2N4O5/c1-16-13-18(6-7-19(16)20(33)29-23(2,14-31)15-32)35-12-4-5-17-8-10-30(11-9-17)22(27)28-21(34)24(3,25)26/h6-7,13,17,31-32H,4-5,8-12,14-15H2,1-3H3,(H,29,33)(H2,27,28,34). The number of amides is 2. The van der Waals surface area contributed by atoms with Crippen molar-refractivity contribution in [3.8, 4) is 5.75 Å². The normalized spacial score (nSPS) is 15.7. The van der Waals surface area contributed by atoms with E-state index in [-0.39, 0.29) is 25.1 Å². The molecule has 0 aliphatic carbocycles. The smallest absolute Gasteiger partial charge is 0.324 e. The van der Waals surface area contributed by atoms with E-state index in [9.17, 15) is 28.6 Å². The van der Waals surface area contributed by atoms with Crippen LogP contribution in [0, 0.1) is 12.8 Å². The Morgan fingerprint density at radius 2 is 1.86 bits per heavy atom. The van der Waals surface area contributed by atoms with Gasteiger partial charge in [0.05, 0.1) is 25.4 Å². The van der Waals surface area contributed by atoms with E-state index in [0.29, 0.717) is 49.4 Å². The maximum absolute atomic E-state index is 13.0. The number of piperidine rings is 1. The highest BCUT2D eigenvalue weighted by molar-refractivity contribution is 5.96. The number of alkyl halides is 2. The molecule has 1 aromatic rings. The number of nitrogens with one attached hydrogen (secondary N) is 1. The van der Waals surface area contributed by atoms with Gasteiger partial charge in [-0.3, -0.25) is 9.59 Å². The van der Waals surface area contributed by atoms with Gasteiger partial charge < -0.3 is 30.9 Å². The average molecular weight is 499 g/mol. The summed E-state index contributed by atoms with van der Waals surface area (Å²) < 4.78 is 31.8. The van der Waals surface area contributed by atoms with E-state index in [4.69, 9.17) is 10.5 Å². The van der Waals surface area contributed by atoms with Gasteiger partial charge in [0.25, 0.3) is 5.91 Å². The molecule has 0 spiro atoms. The van der Waals surface area contributed by atoms with Crippen molar-refractivity contribution in [3.05, 3.63) is 29.3 Å². The summed E-state index contributed by atoms with van der Waals surface area (Å²) in [6, 6.07) is 5.13. The summed E-state index contributed by atoms with van der Waals surface area (Å²) in [5.41, 5.74) is 5.76. The Balaban J connectivity index is 1.76. The first-order valence-corrected chi connectivity index (χ1v) is 11.7. The zero-order chi connectivity index (χ0) is 26.2. The first-order valence-electron chi connectivity index (χ1n) is 11.7. The maximum atomic E-state index is 13.0. The minimum atomic E-state index is -3.53. The lowest BCUT2D eigenvalue weighted by atomic mass is 9.92. The Bertz CT molecular complexity index is 908. The number of rotatable bonds is 10. The Hall–Kier alpha value is -2.79. The lowest BCUT2D eigenvalue weighted by Gasteiger charge is -2.32. The molecule has 35 heavy (non-hydrogen) atoms. The largest absolute Gasteiger partial charge is 0.494 e. The summed E-state index contributed by atoms with van der Waals surface area (Å²) >= 11 is 0. The zero-order valence-corrected chi connectivity index (χ0v) is 20.5. The molecule has 1 saturated heterocycles. The van der Waals surface area contributed by atoms with Crippen molar-refractivity contribution in [2.45, 2.75) is 57.9 Å². The van der Waals surface area contributed by atoms with Gasteiger partial charge in [-0.25, -0.2) is 0 Å². The van der Waals surface area contributed by atoms with Crippen molar-refractivity contribution in [2.75, 3.05) is 32.9 Å². The molecule has 2 rings (SSSR count). The van der Waals surface area contributed by atoms with Crippen LogP contribution in [0.1, 0.15) is 55.5 Å². The van der Waals surface area contributed by atoms with E-state index in [1.807, 2.05) is 0 Å². The molecule has 0 bridgehead atoms. The van der Waals surface area contributed by atoms with E-state index < -0.39 is 17.4 Å². The number of halogens is 2. The number of carbonyl (C=O) groups is 2. The number of hydrogen-bond donors (Lipinski definition) is 4. The first kappa shape index (κ1) is 28.4. The Morgan fingerprint density at radius 3 is 2.40 bits per heavy atom. The Morgan fingerprint density at radius 1 is 1.23 bits per heavy atom. The first-order chi connectivity index (χ1) is 16.4. The Kier molecular flexibility index (Phi) is 9.96. The molecule has 0 aromatic heterocycles. The quantitative estimate of drug-likeness (QED) is 0.219. The van der Waals surface area contributed by atoms with Crippen LogP contribution in [0.25, 0.3) is 0 Å². The fraction of sp³-hybridized carbons (Fsp3) is 0.625. The van der Waals surface area contributed by atoms with Crippen LogP contribution in [-0.2, 0) is 4.79 Å². The van der Waals surface area contributed by atoms with Crippen LogP contribution in [-0.4, -0.2) is 77.3 Å². The predicted octanol–water partition coefficient (Wildman–Crippen LogP) is 1.84. The minimum Gasteiger partial charge on any atom is -0.494 e. The molecule has 11 heteroatoms. The summed E-state index contributed by atoms with van der Waals surface area (Å²) in [6.07, 6.45) is 3.38. The third-order valence-corrected chi connectivity index (χ3v) is 6.11. The van der Waals surface area contributed by atoms with Crippen LogP contribution >= 0.6 is 0 Å². The van der Waals surface area contributed by atoms with Gasteiger partial charge in [-0.1, -0.05) is 0 Å². The fourth-order valence-electron chi connectivity index (χ4n) is 3.74. The molecule has 1 aliphatic rings. The number of carbonyl (C=O) groups excluding carboxylic acids is 2. The zero-order valence-electron chi connectivity index (χ0n) is 20.5. The second kappa shape index (κ2) is 12.3. The molecule has 2 amide bonds. The number of likely N-dealkylation sites (tertiary alicyclic amines) is 1. The molecule has 0 atom stereocenters. The monoisotopic (exact) mass is 498 g/mol. The predicted molar refractivity (Wildman–Crippen MR) is 127 cm³/mol. The minimum absolute atomic E-state index is 0.164. The molecule has 1 aromatic carbocycles. The number of benzene rings is 1. The highest BCUT2D eigenvalue weighted by Gasteiger charge is 2.33. The van der Waals surface area contributed by atoms with E-state index in [0.717, 1.165) is 25.7 Å². The van der Waals surface area contributed by atoms with Crippen LogP contribution in [0.3, 0.4) is 0 Å². The van der Waals surface area contributed by atoms with Gasteiger partial charge in [-0.2, -0.15) is 13.8 Å². The number of ether oxygens (including phenoxy) is 1. The molecule has 9 nitrogen and oxygen atoms in total. The van der Waals surface area contributed by atoms with Gasteiger partial charge in [-0.15, -0.1) is 0 Å². The molecular formula is C24H36F2N4O5. The topological polar surface area (TPSA) is 137 Å². The molecule has 0 unspecified atom stereocenters.